The fourth-order valence-corrected chi connectivity index (χ4v) is 3.60. The number of benzene rings is 1. The Morgan fingerprint density at radius 3 is 2.57 bits per heavy atom. The van der Waals surface area contributed by atoms with Crippen molar-refractivity contribution in [3.63, 3.8) is 0 Å². The van der Waals surface area contributed by atoms with Crippen LogP contribution in [0.25, 0.3) is 0 Å². The molecule has 1 N–H and O–H groups in total. The van der Waals surface area contributed by atoms with E-state index < -0.39 is 0 Å². The lowest BCUT2D eigenvalue weighted by molar-refractivity contribution is 0.0367. The molecule has 0 saturated carbocycles. The second-order valence-corrected chi connectivity index (χ2v) is 7.44. The molecule has 5 nitrogen and oxygen atoms in total. The zero-order valence-corrected chi connectivity index (χ0v) is 17.2. The van der Waals surface area contributed by atoms with Crippen molar-refractivity contribution in [3.8, 4) is 0 Å². The fourth-order valence-electron chi connectivity index (χ4n) is 3.34. The van der Waals surface area contributed by atoms with Crippen molar-refractivity contribution in [3.05, 3.63) is 66.0 Å². The Kier molecular flexibility index (Phi) is 8.68. The van der Waals surface area contributed by atoms with Gasteiger partial charge in [0.15, 0.2) is 5.11 Å². The number of thiocarbonyl (C=S) groups is 1. The van der Waals surface area contributed by atoms with Crippen LogP contribution < -0.4 is 5.32 Å². The van der Waals surface area contributed by atoms with Crippen molar-refractivity contribution in [1.82, 2.24) is 20.1 Å². The Hall–Kier alpha value is -2.02. The molecule has 0 spiro atoms. The van der Waals surface area contributed by atoms with Crippen molar-refractivity contribution in [2.24, 2.45) is 0 Å². The van der Waals surface area contributed by atoms with E-state index in [2.05, 4.69) is 56.5 Å². The molecule has 28 heavy (non-hydrogen) atoms. The van der Waals surface area contributed by atoms with Gasteiger partial charge in [-0.05, 0) is 48.3 Å². The molecule has 1 saturated heterocycles. The van der Waals surface area contributed by atoms with Gasteiger partial charge in [-0.1, -0.05) is 30.3 Å². The van der Waals surface area contributed by atoms with Crippen LogP contribution in [-0.2, 0) is 17.7 Å². The van der Waals surface area contributed by atoms with E-state index >= 15 is 0 Å². The fraction of sp³-hybridized carbons (Fsp3) is 0.455. The summed E-state index contributed by atoms with van der Waals surface area (Å²) in [7, 11) is 0. The monoisotopic (exact) mass is 398 g/mol. The Labute approximate surface area is 173 Å². The van der Waals surface area contributed by atoms with E-state index in [0.717, 1.165) is 70.4 Å². The summed E-state index contributed by atoms with van der Waals surface area (Å²) in [6.45, 7) is 7.44. The van der Waals surface area contributed by atoms with E-state index in [1.807, 2.05) is 18.5 Å². The number of rotatable bonds is 9. The standard InChI is InChI=1S/C22H30N4OS/c28-22(24-12-9-20-5-2-1-3-6-20)26(19-21-7-10-23-11-8-21)14-4-13-25-15-17-27-18-16-25/h1-3,5-8,10-11H,4,9,12-19H2,(H,24,28). The third-order valence-corrected chi connectivity index (χ3v) is 5.35. The predicted molar refractivity (Wildman–Crippen MR) is 117 cm³/mol. The molecule has 0 aliphatic carbocycles. The minimum absolute atomic E-state index is 0.808. The number of morpholine rings is 1. The summed E-state index contributed by atoms with van der Waals surface area (Å²) in [5.74, 6) is 0. The summed E-state index contributed by atoms with van der Waals surface area (Å²) in [6.07, 6.45) is 5.74. The lowest BCUT2D eigenvalue weighted by atomic mass is 10.1. The number of hydrogen-bond donors (Lipinski definition) is 1. The van der Waals surface area contributed by atoms with E-state index in [-0.39, 0.29) is 0 Å². The molecule has 1 aliphatic rings. The lowest BCUT2D eigenvalue weighted by Crippen LogP contribution is -2.42. The van der Waals surface area contributed by atoms with Crippen molar-refractivity contribution in [2.45, 2.75) is 19.4 Å². The molecule has 3 rings (SSSR count). The highest BCUT2D eigenvalue weighted by Crippen LogP contribution is 2.07. The van der Waals surface area contributed by atoms with Gasteiger partial charge >= 0.3 is 0 Å². The summed E-state index contributed by atoms with van der Waals surface area (Å²) in [6, 6.07) is 14.6. The number of pyridine rings is 1. The second kappa shape index (κ2) is 11.7. The molecule has 0 unspecified atom stereocenters. The number of ether oxygens (including phenoxy) is 1. The highest BCUT2D eigenvalue weighted by Gasteiger charge is 2.13. The Bertz CT molecular complexity index is 692. The van der Waals surface area contributed by atoms with Gasteiger partial charge in [-0.3, -0.25) is 9.88 Å². The highest BCUT2D eigenvalue weighted by atomic mass is 32.1. The molecule has 1 aliphatic heterocycles. The third kappa shape index (κ3) is 7.19. The highest BCUT2D eigenvalue weighted by molar-refractivity contribution is 7.80. The van der Waals surface area contributed by atoms with Crippen LogP contribution in [0.15, 0.2) is 54.9 Å². The first kappa shape index (κ1) is 20.7. The van der Waals surface area contributed by atoms with Crippen LogP contribution in [-0.4, -0.2) is 65.8 Å². The molecule has 1 aromatic heterocycles. The van der Waals surface area contributed by atoms with Crippen LogP contribution in [0.5, 0.6) is 0 Å². The zero-order valence-electron chi connectivity index (χ0n) is 16.4. The van der Waals surface area contributed by atoms with Crippen LogP contribution in [0.4, 0.5) is 0 Å². The minimum Gasteiger partial charge on any atom is -0.379 e. The number of hydrogen-bond acceptors (Lipinski definition) is 4. The van der Waals surface area contributed by atoms with Gasteiger partial charge in [-0.15, -0.1) is 0 Å². The maximum absolute atomic E-state index is 5.73. The lowest BCUT2D eigenvalue weighted by Gasteiger charge is -2.29. The molecular formula is C22H30N4OS. The quantitative estimate of drug-likeness (QED) is 0.655. The Balaban J connectivity index is 1.49. The number of nitrogens with zero attached hydrogens (tertiary/aromatic N) is 3. The smallest absolute Gasteiger partial charge is 0.169 e. The first-order chi connectivity index (χ1) is 13.8. The summed E-state index contributed by atoms with van der Waals surface area (Å²) in [4.78, 5) is 8.86. The number of nitrogens with one attached hydrogen (secondary N) is 1. The molecule has 1 aromatic carbocycles. The summed E-state index contributed by atoms with van der Waals surface area (Å²) in [5, 5.41) is 4.28. The molecule has 0 atom stereocenters. The van der Waals surface area contributed by atoms with Gasteiger partial charge in [0.1, 0.15) is 0 Å². The third-order valence-electron chi connectivity index (χ3n) is 4.95. The second-order valence-electron chi connectivity index (χ2n) is 7.05. The van der Waals surface area contributed by atoms with E-state index in [1.165, 1.54) is 11.1 Å². The van der Waals surface area contributed by atoms with E-state index in [4.69, 9.17) is 17.0 Å². The van der Waals surface area contributed by atoms with Gasteiger partial charge in [0.05, 0.1) is 13.2 Å². The van der Waals surface area contributed by atoms with Crippen molar-refractivity contribution in [2.75, 3.05) is 45.9 Å². The molecular weight excluding hydrogens is 368 g/mol. The number of aromatic nitrogens is 1. The van der Waals surface area contributed by atoms with E-state index in [9.17, 15) is 0 Å². The maximum Gasteiger partial charge on any atom is 0.169 e. The van der Waals surface area contributed by atoms with Gasteiger partial charge in [-0.25, -0.2) is 0 Å². The Morgan fingerprint density at radius 1 is 1.07 bits per heavy atom. The van der Waals surface area contributed by atoms with Crippen LogP contribution in [0.1, 0.15) is 17.5 Å². The molecule has 2 aromatic rings. The van der Waals surface area contributed by atoms with Gasteiger partial charge in [0, 0.05) is 51.7 Å². The van der Waals surface area contributed by atoms with Gasteiger partial charge < -0.3 is 15.0 Å². The average Bonchev–Trinajstić information content (AvgIpc) is 2.75. The van der Waals surface area contributed by atoms with Gasteiger partial charge in [0.25, 0.3) is 0 Å². The maximum atomic E-state index is 5.73. The average molecular weight is 399 g/mol. The predicted octanol–water partition coefficient (Wildman–Crippen LogP) is 2.72. The zero-order chi connectivity index (χ0) is 19.4. The van der Waals surface area contributed by atoms with E-state index in [1.54, 1.807) is 0 Å². The molecule has 0 amide bonds. The molecule has 2 heterocycles. The SMILES string of the molecule is S=C(NCCc1ccccc1)N(CCCN1CCOCC1)Cc1ccncc1. The van der Waals surface area contributed by atoms with Crippen LogP contribution in [0.3, 0.4) is 0 Å². The normalized spacial score (nSPS) is 14.6. The first-order valence-corrected chi connectivity index (χ1v) is 10.5. The molecule has 0 radical (unpaired) electrons. The van der Waals surface area contributed by atoms with Crippen molar-refractivity contribution < 1.29 is 4.74 Å². The molecule has 150 valence electrons. The van der Waals surface area contributed by atoms with Crippen LogP contribution in [0.2, 0.25) is 0 Å². The summed E-state index contributed by atoms with van der Waals surface area (Å²) < 4.78 is 5.44. The minimum atomic E-state index is 0.808. The molecule has 1 fully saturated rings. The largest absolute Gasteiger partial charge is 0.379 e. The van der Waals surface area contributed by atoms with E-state index in [0.29, 0.717) is 0 Å². The summed E-state index contributed by atoms with van der Waals surface area (Å²) >= 11 is 5.73. The van der Waals surface area contributed by atoms with Crippen LogP contribution in [0, 0.1) is 0 Å². The van der Waals surface area contributed by atoms with Crippen molar-refractivity contribution in [1.29, 1.82) is 0 Å². The van der Waals surface area contributed by atoms with Crippen molar-refractivity contribution >= 4 is 17.3 Å². The summed E-state index contributed by atoms with van der Waals surface area (Å²) in [5.41, 5.74) is 2.55. The van der Waals surface area contributed by atoms with Gasteiger partial charge in [0.2, 0.25) is 0 Å². The molecule has 6 heteroatoms. The van der Waals surface area contributed by atoms with Crippen LogP contribution >= 0.6 is 12.2 Å². The first-order valence-electron chi connectivity index (χ1n) is 10.1. The topological polar surface area (TPSA) is 40.6 Å². The molecule has 0 bridgehead atoms. The Morgan fingerprint density at radius 2 is 1.82 bits per heavy atom. The van der Waals surface area contributed by atoms with Gasteiger partial charge in [-0.2, -0.15) is 0 Å².